The summed E-state index contributed by atoms with van der Waals surface area (Å²) < 4.78 is 8.70. The number of esters is 2. The van der Waals surface area contributed by atoms with Gasteiger partial charge in [-0.3, -0.25) is 10.1 Å². The molecular formula is C8H9NO6. The summed E-state index contributed by atoms with van der Waals surface area (Å²) in [5.74, 6) is -1.59. The summed E-state index contributed by atoms with van der Waals surface area (Å²) in [5, 5.41) is 9.77. The molecule has 0 saturated carbocycles. The Labute approximate surface area is 85.1 Å². The van der Waals surface area contributed by atoms with Gasteiger partial charge in [0.1, 0.15) is 0 Å². The molecule has 0 aliphatic rings. The summed E-state index contributed by atoms with van der Waals surface area (Å²) in [6, 6.07) is 0. The summed E-state index contributed by atoms with van der Waals surface area (Å²) in [6.45, 7) is 1.81. The molecule has 0 aromatic rings. The van der Waals surface area contributed by atoms with E-state index in [9.17, 15) is 19.7 Å². The minimum absolute atomic E-state index is 0.194. The Morgan fingerprint density at radius 3 is 2.47 bits per heavy atom. The average Bonchev–Trinajstić information content (AvgIpc) is 2.14. The zero-order chi connectivity index (χ0) is 11.7. The quantitative estimate of drug-likeness (QED) is 0.216. The summed E-state index contributed by atoms with van der Waals surface area (Å²) in [4.78, 5) is 30.4. The number of hydrogen-bond acceptors (Lipinski definition) is 6. The highest BCUT2D eigenvalue weighted by atomic mass is 16.6. The van der Waals surface area contributed by atoms with Crippen LogP contribution >= 0.6 is 0 Å². The van der Waals surface area contributed by atoms with Crippen molar-refractivity contribution in [2.24, 2.45) is 0 Å². The van der Waals surface area contributed by atoms with Crippen LogP contribution in [0.15, 0.2) is 24.6 Å². The van der Waals surface area contributed by atoms with Crippen molar-refractivity contribution in [3.8, 4) is 0 Å². The molecule has 0 atom stereocenters. The molecule has 7 nitrogen and oxygen atoms in total. The van der Waals surface area contributed by atoms with Crippen molar-refractivity contribution in [3.05, 3.63) is 34.7 Å². The summed E-state index contributed by atoms with van der Waals surface area (Å²) in [7, 11) is 0. The molecule has 0 rings (SSSR count). The fourth-order valence-electron chi connectivity index (χ4n) is 0.513. The van der Waals surface area contributed by atoms with Gasteiger partial charge < -0.3 is 9.47 Å². The van der Waals surface area contributed by atoms with Gasteiger partial charge in [0.05, 0.1) is 11.5 Å². The second-order valence-electron chi connectivity index (χ2n) is 2.09. The van der Waals surface area contributed by atoms with Crippen molar-refractivity contribution in [2.75, 3.05) is 6.61 Å². The summed E-state index contributed by atoms with van der Waals surface area (Å²) in [5.41, 5.74) is 0. The number of nitro groups is 1. The second-order valence-corrected chi connectivity index (χ2v) is 2.09. The molecule has 0 amide bonds. The number of rotatable bonds is 5. The number of hydrogen-bond donors (Lipinski definition) is 0. The number of carbonyl (C=O) groups is 2. The third-order valence-electron chi connectivity index (χ3n) is 1.01. The summed E-state index contributed by atoms with van der Waals surface area (Å²) >= 11 is 0. The molecule has 82 valence electrons. The maximum absolute atomic E-state index is 10.7. The van der Waals surface area contributed by atoms with E-state index in [1.165, 1.54) is 0 Å². The Kier molecular flexibility index (Phi) is 6.19. The van der Waals surface area contributed by atoms with E-state index in [2.05, 4.69) is 9.47 Å². The maximum atomic E-state index is 10.7. The standard InChI is InChI=1S/C8H9NO6/c1-2-14-7(10)3-4-8(11)15-6-5-9(12)13/h3-6H,2H2,1H3/b4-3+,6-5+. The van der Waals surface area contributed by atoms with Gasteiger partial charge in [-0.15, -0.1) is 0 Å². The van der Waals surface area contributed by atoms with Gasteiger partial charge in [-0.2, -0.15) is 0 Å². The van der Waals surface area contributed by atoms with Crippen LogP contribution in [0.2, 0.25) is 0 Å². The van der Waals surface area contributed by atoms with Gasteiger partial charge in [0, 0.05) is 12.2 Å². The third-order valence-corrected chi connectivity index (χ3v) is 1.01. The van der Waals surface area contributed by atoms with Crippen LogP contribution in [0, 0.1) is 10.1 Å². The molecule has 0 fully saturated rings. The third kappa shape index (κ3) is 8.16. The SMILES string of the molecule is CCOC(=O)/C=C/C(=O)O/C=C/[N+](=O)[O-]. The zero-order valence-electron chi connectivity index (χ0n) is 7.91. The molecule has 0 saturated heterocycles. The first-order valence-corrected chi connectivity index (χ1v) is 3.92. The van der Waals surface area contributed by atoms with Crippen molar-refractivity contribution in [2.45, 2.75) is 6.92 Å². The number of nitrogens with zero attached hydrogens (tertiary/aromatic N) is 1. The van der Waals surface area contributed by atoms with E-state index in [-0.39, 0.29) is 6.61 Å². The van der Waals surface area contributed by atoms with Crippen LogP contribution < -0.4 is 0 Å². The molecule has 0 heterocycles. The maximum Gasteiger partial charge on any atom is 0.336 e. The number of ether oxygens (including phenoxy) is 2. The fourth-order valence-corrected chi connectivity index (χ4v) is 0.513. The first kappa shape index (κ1) is 12.8. The van der Waals surface area contributed by atoms with E-state index in [0.29, 0.717) is 12.5 Å². The molecule has 7 heteroatoms. The highest BCUT2D eigenvalue weighted by Crippen LogP contribution is 1.86. The lowest BCUT2D eigenvalue weighted by molar-refractivity contribution is -0.403. The first-order chi connectivity index (χ1) is 7.06. The molecule has 0 radical (unpaired) electrons. The van der Waals surface area contributed by atoms with E-state index >= 15 is 0 Å². The zero-order valence-corrected chi connectivity index (χ0v) is 7.91. The lowest BCUT2D eigenvalue weighted by Gasteiger charge is -1.93. The summed E-state index contributed by atoms with van der Waals surface area (Å²) in [6.07, 6.45) is 2.74. The van der Waals surface area contributed by atoms with Gasteiger partial charge >= 0.3 is 11.9 Å². The van der Waals surface area contributed by atoms with Gasteiger partial charge in [0.15, 0.2) is 6.26 Å². The molecule has 0 unspecified atom stereocenters. The largest absolute Gasteiger partial charge is 0.463 e. The molecule has 0 aromatic heterocycles. The predicted octanol–water partition coefficient (Wildman–Crippen LogP) is 0.397. The Morgan fingerprint density at radius 1 is 1.33 bits per heavy atom. The van der Waals surface area contributed by atoms with Crippen LogP contribution in [0.25, 0.3) is 0 Å². The molecule has 0 N–H and O–H groups in total. The van der Waals surface area contributed by atoms with E-state index in [1.54, 1.807) is 6.92 Å². The molecule has 0 bridgehead atoms. The monoisotopic (exact) mass is 215 g/mol. The van der Waals surface area contributed by atoms with Crippen molar-refractivity contribution >= 4 is 11.9 Å². The minimum Gasteiger partial charge on any atom is -0.463 e. The molecule has 0 aliphatic heterocycles. The molecule has 15 heavy (non-hydrogen) atoms. The lowest BCUT2D eigenvalue weighted by Crippen LogP contribution is -2.02. The first-order valence-electron chi connectivity index (χ1n) is 3.92. The van der Waals surface area contributed by atoms with Crippen molar-refractivity contribution in [1.29, 1.82) is 0 Å². The fraction of sp³-hybridized carbons (Fsp3) is 0.250. The minimum atomic E-state index is -0.902. The Bertz CT molecular complexity index is 306. The Balaban J connectivity index is 3.93. The van der Waals surface area contributed by atoms with Crippen LogP contribution in [0.3, 0.4) is 0 Å². The Hall–Kier alpha value is -2.18. The topological polar surface area (TPSA) is 95.7 Å². The van der Waals surface area contributed by atoms with Crippen molar-refractivity contribution in [3.63, 3.8) is 0 Å². The van der Waals surface area contributed by atoms with E-state index in [4.69, 9.17) is 0 Å². The highest BCUT2D eigenvalue weighted by molar-refractivity contribution is 5.91. The van der Waals surface area contributed by atoms with Gasteiger partial charge in [0.2, 0.25) is 0 Å². The van der Waals surface area contributed by atoms with Crippen LogP contribution in [-0.2, 0) is 19.1 Å². The lowest BCUT2D eigenvalue weighted by atomic mass is 10.5. The van der Waals surface area contributed by atoms with E-state index in [0.717, 1.165) is 12.2 Å². The van der Waals surface area contributed by atoms with E-state index < -0.39 is 16.9 Å². The second kappa shape index (κ2) is 7.25. The normalized spacial score (nSPS) is 10.5. The average molecular weight is 215 g/mol. The number of carbonyl (C=O) groups excluding carboxylic acids is 2. The molecule has 0 aromatic carbocycles. The van der Waals surface area contributed by atoms with Gasteiger partial charge in [0.25, 0.3) is 6.20 Å². The highest BCUT2D eigenvalue weighted by Gasteiger charge is 1.98. The van der Waals surface area contributed by atoms with E-state index in [1.807, 2.05) is 0 Å². The van der Waals surface area contributed by atoms with Crippen LogP contribution in [-0.4, -0.2) is 23.5 Å². The van der Waals surface area contributed by atoms with Gasteiger partial charge in [-0.25, -0.2) is 9.59 Å². The predicted molar refractivity (Wildman–Crippen MR) is 48.0 cm³/mol. The van der Waals surface area contributed by atoms with Gasteiger partial charge in [-0.05, 0) is 6.92 Å². The van der Waals surface area contributed by atoms with Crippen LogP contribution in [0.5, 0.6) is 0 Å². The van der Waals surface area contributed by atoms with Crippen LogP contribution in [0.4, 0.5) is 0 Å². The van der Waals surface area contributed by atoms with Gasteiger partial charge in [-0.1, -0.05) is 0 Å². The molecule has 0 aliphatic carbocycles. The Morgan fingerprint density at radius 2 is 1.93 bits per heavy atom. The molecular weight excluding hydrogens is 206 g/mol. The smallest absolute Gasteiger partial charge is 0.336 e. The van der Waals surface area contributed by atoms with Crippen molar-refractivity contribution < 1.29 is 24.0 Å². The van der Waals surface area contributed by atoms with Crippen LogP contribution in [0.1, 0.15) is 6.92 Å². The molecule has 0 spiro atoms. The van der Waals surface area contributed by atoms with Crippen molar-refractivity contribution in [1.82, 2.24) is 0 Å².